The third-order valence-electron chi connectivity index (χ3n) is 1.31. The molecule has 1 aliphatic heterocycles. The fourth-order valence-electron chi connectivity index (χ4n) is 0.852. The minimum atomic E-state index is 0.862. The maximum Gasteiger partial charge on any atom is 0.128 e. The Morgan fingerprint density at radius 1 is 1.60 bits per heavy atom. The average Bonchev–Trinajstić information content (AvgIpc) is 2.59. The molecule has 1 aromatic rings. The van der Waals surface area contributed by atoms with Gasteiger partial charge in [0.05, 0.1) is 6.54 Å². The van der Waals surface area contributed by atoms with Gasteiger partial charge in [0.2, 0.25) is 0 Å². The second-order valence-electron chi connectivity index (χ2n) is 1.99. The molecule has 0 bridgehead atoms. The fourth-order valence-corrected chi connectivity index (χ4v) is 1.54. The quantitative estimate of drug-likeness (QED) is 0.612. The first-order valence-electron chi connectivity index (χ1n) is 3.09. The molecule has 10 heavy (non-hydrogen) atoms. The van der Waals surface area contributed by atoms with E-state index < -0.39 is 0 Å². The molecule has 0 unspecified atom stereocenters. The molecule has 0 atom stereocenters. The van der Waals surface area contributed by atoms with Crippen molar-refractivity contribution in [2.75, 3.05) is 11.6 Å². The molecule has 2 heterocycles. The first-order valence-corrected chi connectivity index (χ1v) is 3.97. The van der Waals surface area contributed by atoms with Crippen LogP contribution in [0.25, 0.3) is 0 Å². The van der Waals surface area contributed by atoms with Crippen molar-refractivity contribution in [1.29, 1.82) is 0 Å². The van der Waals surface area contributed by atoms with Crippen molar-refractivity contribution in [3.05, 3.63) is 29.9 Å². The van der Waals surface area contributed by atoms with Gasteiger partial charge in [0.25, 0.3) is 0 Å². The molecule has 0 saturated heterocycles. The van der Waals surface area contributed by atoms with E-state index in [4.69, 9.17) is 4.84 Å². The van der Waals surface area contributed by atoms with Gasteiger partial charge >= 0.3 is 0 Å². The molecule has 0 N–H and O–H groups in total. The molecule has 0 fully saturated rings. The Hall–Kier alpha value is -0.960. The van der Waals surface area contributed by atoms with E-state index in [0.29, 0.717) is 0 Å². The Balaban J connectivity index is 2.14. The lowest BCUT2D eigenvalue weighted by Crippen LogP contribution is -2.14. The lowest BCUT2D eigenvalue weighted by Gasteiger charge is -2.12. The van der Waals surface area contributed by atoms with Crippen LogP contribution in [0.2, 0.25) is 0 Å². The highest BCUT2D eigenvalue weighted by Gasteiger charge is 2.08. The van der Waals surface area contributed by atoms with E-state index >= 15 is 0 Å². The topological polar surface area (TPSA) is 12.5 Å². The number of hydrogen-bond acceptors (Lipinski definition) is 3. The molecule has 0 radical (unpaired) electrons. The predicted octanol–water partition coefficient (Wildman–Crippen LogP) is 2.01. The van der Waals surface area contributed by atoms with Crippen LogP contribution < -0.4 is 5.06 Å². The molecule has 2 rings (SSSR count). The van der Waals surface area contributed by atoms with Crippen molar-refractivity contribution < 1.29 is 4.84 Å². The highest BCUT2D eigenvalue weighted by Crippen LogP contribution is 2.23. The molecule has 1 aromatic heterocycles. The van der Waals surface area contributed by atoms with Gasteiger partial charge in [-0.15, -0.1) is 11.3 Å². The van der Waals surface area contributed by atoms with Crippen LogP contribution >= 0.6 is 11.3 Å². The Morgan fingerprint density at radius 3 is 3.20 bits per heavy atom. The number of thiophene rings is 1. The Bertz CT molecular complexity index is 222. The van der Waals surface area contributed by atoms with Gasteiger partial charge in [-0.2, -0.15) is 5.06 Å². The van der Waals surface area contributed by atoms with Gasteiger partial charge < -0.3 is 4.84 Å². The second kappa shape index (κ2) is 2.34. The van der Waals surface area contributed by atoms with Gasteiger partial charge in [-0.3, -0.25) is 0 Å². The average molecular weight is 153 g/mol. The number of rotatable bonds is 1. The maximum absolute atomic E-state index is 5.16. The van der Waals surface area contributed by atoms with E-state index in [9.17, 15) is 0 Å². The SMILES string of the molecule is C1=CON(c2cccs2)C1. The van der Waals surface area contributed by atoms with Crippen molar-refractivity contribution in [1.82, 2.24) is 0 Å². The summed E-state index contributed by atoms with van der Waals surface area (Å²) in [4.78, 5) is 5.16. The lowest BCUT2D eigenvalue weighted by molar-refractivity contribution is 0.249. The molecule has 1 aliphatic rings. The van der Waals surface area contributed by atoms with Crippen molar-refractivity contribution in [3.63, 3.8) is 0 Å². The zero-order valence-electron chi connectivity index (χ0n) is 5.36. The van der Waals surface area contributed by atoms with Gasteiger partial charge in [0, 0.05) is 0 Å². The summed E-state index contributed by atoms with van der Waals surface area (Å²) in [6, 6.07) is 4.05. The van der Waals surface area contributed by atoms with Crippen LogP contribution in [-0.2, 0) is 4.84 Å². The monoisotopic (exact) mass is 153 g/mol. The molecule has 0 aromatic carbocycles. The van der Waals surface area contributed by atoms with Crippen LogP contribution in [0.1, 0.15) is 0 Å². The Morgan fingerprint density at radius 2 is 2.60 bits per heavy atom. The lowest BCUT2D eigenvalue weighted by atomic mass is 10.6. The summed E-state index contributed by atoms with van der Waals surface area (Å²) in [6.07, 6.45) is 3.69. The minimum Gasteiger partial charge on any atom is -0.387 e. The van der Waals surface area contributed by atoms with Gasteiger partial charge in [-0.1, -0.05) is 0 Å². The highest BCUT2D eigenvalue weighted by atomic mass is 32.1. The number of nitrogens with zero attached hydrogens (tertiary/aromatic N) is 1. The van der Waals surface area contributed by atoms with E-state index in [1.165, 1.54) is 0 Å². The third kappa shape index (κ3) is 0.885. The number of anilines is 1. The summed E-state index contributed by atoms with van der Waals surface area (Å²) < 4.78 is 0. The molecule has 2 nitrogen and oxygen atoms in total. The van der Waals surface area contributed by atoms with E-state index in [2.05, 4.69) is 0 Å². The summed E-state index contributed by atoms with van der Waals surface area (Å²) in [6.45, 7) is 0.862. The standard InChI is InChI=1S/C7H7NOS/c1-3-7(10-6-1)8-4-2-5-9-8/h1-3,5-6H,4H2. The van der Waals surface area contributed by atoms with Gasteiger partial charge in [0.15, 0.2) is 0 Å². The van der Waals surface area contributed by atoms with Gasteiger partial charge in [-0.05, 0) is 23.6 Å². The fraction of sp³-hybridized carbons (Fsp3) is 0.143. The summed E-state index contributed by atoms with van der Waals surface area (Å²) >= 11 is 1.68. The van der Waals surface area contributed by atoms with Crippen molar-refractivity contribution >= 4 is 16.3 Å². The summed E-state index contributed by atoms with van der Waals surface area (Å²) in [7, 11) is 0. The highest BCUT2D eigenvalue weighted by molar-refractivity contribution is 7.14. The zero-order chi connectivity index (χ0) is 6.81. The third-order valence-corrected chi connectivity index (χ3v) is 2.18. The van der Waals surface area contributed by atoms with Crippen LogP contribution in [0.15, 0.2) is 29.9 Å². The van der Waals surface area contributed by atoms with Crippen molar-refractivity contribution in [2.24, 2.45) is 0 Å². The molecule has 52 valence electrons. The molecule has 0 saturated carbocycles. The van der Waals surface area contributed by atoms with E-state index in [0.717, 1.165) is 11.5 Å². The van der Waals surface area contributed by atoms with Crippen LogP contribution in [0, 0.1) is 0 Å². The molecular formula is C7H7NOS. The number of hydrogen-bond donors (Lipinski definition) is 0. The van der Waals surface area contributed by atoms with Crippen LogP contribution in [0.3, 0.4) is 0 Å². The van der Waals surface area contributed by atoms with E-state index in [1.54, 1.807) is 17.6 Å². The molecule has 0 spiro atoms. The minimum absolute atomic E-state index is 0.862. The molecule has 0 aliphatic carbocycles. The Kier molecular flexibility index (Phi) is 1.36. The zero-order valence-corrected chi connectivity index (χ0v) is 6.17. The smallest absolute Gasteiger partial charge is 0.128 e. The molecule has 0 amide bonds. The van der Waals surface area contributed by atoms with E-state index in [1.807, 2.05) is 28.7 Å². The van der Waals surface area contributed by atoms with Crippen LogP contribution in [-0.4, -0.2) is 6.54 Å². The summed E-state index contributed by atoms with van der Waals surface area (Å²) in [5, 5.41) is 5.05. The van der Waals surface area contributed by atoms with Gasteiger partial charge in [-0.25, -0.2) is 0 Å². The van der Waals surface area contributed by atoms with Crippen LogP contribution in [0.5, 0.6) is 0 Å². The number of hydroxylamine groups is 1. The first-order chi connectivity index (χ1) is 4.97. The first kappa shape index (κ1) is 5.80. The van der Waals surface area contributed by atoms with Gasteiger partial charge in [0.1, 0.15) is 11.3 Å². The van der Waals surface area contributed by atoms with Crippen LogP contribution in [0.4, 0.5) is 5.00 Å². The van der Waals surface area contributed by atoms with Crippen molar-refractivity contribution in [2.45, 2.75) is 0 Å². The largest absolute Gasteiger partial charge is 0.387 e. The summed E-state index contributed by atoms with van der Waals surface area (Å²) in [5.74, 6) is 0. The summed E-state index contributed by atoms with van der Waals surface area (Å²) in [5.41, 5.74) is 0. The van der Waals surface area contributed by atoms with E-state index in [-0.39, 0.29) is 0 Å². The second-order valence-corrected chi connectivity index (χ2v) is 2.92. The normalized spacial score (nSPS) is 15.8. The van der Waals surface area contributed by atoms with Crippen molar-refractivity contribution in [3.8, 4) is 0 Å². The Labute approximate surface area is 63.3 Å². The predicted molar refractivity (Wildman–Crippen MR) is 41.9 cm³/mol. The molecular weight excluding hydrogens is 146 g/mol. The maximum atomic E-state index is 5.16. The molecule has 3 heteroatoms.